The molecule has 0 spiro atoms. The van der Waals surface area contributed by atoms with Crippen molar-refractivity contribution in [1.82, 2.24) is 9.97 Å². The Hall–Kier alpha value is -1.30. The first-order valence-electron chi connectivity index (χ1n) is 5.09. The SMILES string of the molecule is S=C=[N][Sn][N]=C=S.c1ccc(-c2ccccn2)nc1. The van der Waals surface area contributed by atoms with Crippen molar-refractivity contribution in [3.8, 4) is 11.4 Å². The molecule has 0 saturated carbocycles. The van der Waals surface area contributed by atoms with Crippen LogP contribution in [0.15, 0.2) is 55.2 Å². The summed E-state index contributed by atoms with van der Waals surface area (Å²) < 4.78 is 7.20. The van der Waals surface area contributed by atoms with Crippen molar-refractivity contribution < 1.29 is 0 Å². The number of thiocarbonyl (C=S) groups is 2. The summed E-state index contributed by atoms with van der Waals surface area (Å²) >= 11 is 7.54. The fourth-order valence-electron chi connectivity index (χ4n) is 1.09. The van der Waals surface area contributed by atoms with Gasteiger partial charge in [-0.3, -0.25) is 9.97 Å². The molecule has 0 amide bonds. The molecule has 0 N–H and O–H groups in total. The van der Waals surface area contributed by atoms with Crippen LogP contribution in [-0.4, -0.2) is 42.0 Å². The summed E-state index contributed by atoms with van der Waals surface area (Å²) in [5.41, 5.74) is 1.83. The van der Waals surface area contributed by atoms with Crippen molar-refractivity contribution in [1.29, 1.82) is 0 Å². The zero-order valence-corrected chi connectivity index (χ0v) is 14.2. The second kappa shape index (κ2) is 10.6. The molecule has 92 valence electrons. The zero-order valence-electron chi connectivity index (χ0n) is 9.72. The van der Waals surface area contributed by atoms with E-state index in [0.717, 1.165) is 11.4 Å². The van der Waals surface area contributed by atoms with Crippen LogP contribution in [0.5, 0.6) is 0 Å². The summed E-state index contributed by atoms with van der Waals surface area (Å²) in [5, 5.41) is 4.41. The molecular weight excluding hydrogens is 383 g/mol. The molecule has 2 heterocycles. The fraction of sp³-hybridized carbons (Fsp3) is 0. The van der Waals surface area contributed by atoms with Gasteiger partial charge in [0.1, 0.15) is 0 Å². The van der Waals surface area contributed by atoms with Gasteiger partial charge in [-0.2, -0.15) is 0 Å². The largest absolute Gasteiger partial charge is 0.255 e. The summed E-state index contributed by atoms with van der Waals surface area (Å²) in [4.78, 5) is 8.37. The first-order chi connectivity index (χ1) is 9.38. The Morgan fingerprint density at radius 1 is 0.842 bits per heavy atom. The van der Waals surface area contributed by atoms with Gasteiger partial charge in [0.25, 0.3) is 0 Å². The molecule has 2 rings (SSSR count). The van der Waals surface area contributed by atoms with E-state index < -0.39 is 21.7 Å². The minimum Gasteiger partial charge on any atom is -0.255 e. The van der Waals surface area contributed by atoms with Crippen LogP contribution in [0.25, 0.3) is 11.4 Å². The second-order valence-electron chi connectivity index (χ2n) is 2.94. The molecule has 0 aliphatic heterocycles. The Labute approximate surface area is 132 Å². The Morgan fingerprint density at radius 2 is 1.32 bits per heavy atom. The third kappa shape index (κ3) is 7.00. The van der Waals surface area contributed by atoms with Gasteiger partial charge in [0.15, 0.2) is 0 Å². The maximum absolute atomic E-state index is 4.27. The molecule has 0 aromatic carbocycles. The molecule has 2 aromatic heterocycles. The van der Waals surface area contributed by atoms with Crippen LogP contribution >= 0.6 is 24.4 Å². The van der Waals surface area contributed by atoms with Gasteiger partial charge in [0.2, 0.25) is 0 Å². The van der Waals surface area contributed by atoms with E-state index in [0.29, 0.717) is 0 Å². The van der Waals surface area contributed by atoms with Crippen molar-refractivity contribution in [2.24, 2.45) is 6.43 Å². The monoisotopic (exact) mass is 392 g/mol. The first kappa shape index (κ1) is 15.8. The zero-order chi connectivity index (χ0) is 13.8. The Bertz CT molecular complexity index is 526. The number of pyridine rings is 2. The smallest absolute Gasteiger partial charge is 0.0886 e. The minimum atomic E-state index is -0.999. The predicted molar refractivity (Wildman–Crippen MR) is 83.3 cm³/mol. The summed E-state index contributed by atoms with van der Waals surface area (Å²) in [5.74, 6) is 0. The summed E-state index contributed by atoms with van der Waals surface area (Å²) in [7, 11) is 0. The van der Waals surface area contributed by atoms with Crippen LogP contribution in [0.1, 0.15) is 0 Å². The van der Waals surface area contributed by atoms with Crippen LogP contribution in [0.3, 0.4) is 0 Å². The van der Waals surface area contributed by atoms with Crippen molar-refractivity contribution in [2.75, 3.05) is 0 Å². The van der Waals surface area contributed by atoms with Crippen molar-refractivity contribution >= 4 is 56.4 Å². The molecule has 2 radical (unpaired) electrons. The third-order valence-corrected chi connectivity index (χ3v) is 4.10. The van der Waals surface area contributed by atoms with Crippen LogP contribution in [0, 0.1) is 0 Å². The molecule has 4 nitrogen and oxygen atoms in total. The number of hydrogen-bond donors (Lipinski definition) is 0. The van der Waals surface area contributed by atoms with E-state index in [9.17, 15) is 0 Å². The molecule has 19 heavy (non-hydrogen) atoms. The van der Waals surface area contributed by atoms with Gasteiger partial charge in [-0.25, -0.2) is 0 Å². The van der Waals surface area contributed by atoms with Gasteiger partial charge < -0.3 is 0 Å². The Morgan fingerprint density at radius 3 is 1.63 bits per heavy atom. The van der Waals surface area contributed by atoms with Crippen LogP contribution in [-0.2, 0) is 0 Å². The molecular formula is C12H8N4S2Sn. The maximum Gasteiger partial charge on any atom is 0.0886 e. The molecule has 2 aromatic rings. The van der Waals surface area contributed by atoms with Gasteiger partial charge in [0.05, 0.1) is 11.4 Å². The van der Waals surface area contributed by atoms with E-state index in [2.05, 4.69) is 51.2 Å². The normalized spacial score (nSPS) is 8.21. The van der Waals surface area contributed by atoms with E-state index in [1.54, 1.807) is 12.4 Å². The van der Waals surface area contributed by atoms with Crippen molar-refractivity contribution in [2.45, 2.75) is 0 Å². The summed E-state index contributed by atoms with van der Waals surface area (Å²) in [6, 6.07) is 11.6. The molecule has 0 aliphatic carbocycles. The molecule has 0 saturated heterocycles. The van der Waals surface area contributed by atoms with E-state index in [1.807, 2.05) is 36.4 Å². The standard InChI is InChI=1S/C10H8N2.2CNS.Sn/c1-3-7-11-9(5-1)10-6-2-4-8-12-10;2*2-1-3;/h1-8H;;;/q;2*-1;+2. The molecule has 0 atom stereocenters. The average Bonchev–Trinajstić information content (AvgIpc) is 2.50. The van der Waals surface area contributed by atoms with E-state index >= 15 is 0 Å². The average molecular weight is 391 g/mol. The Balaban J connectivity index is 0.000000224. The number of hydrogen-bond acceptors (Lipinski definition) is 6. The molecule has 0 bridgehead atoms. The molecule has 7 heteroatoms. The van der Waals surface area contributed by atoms with Crippen molar-refractivity contribution in [3.63, 3.8) is 0 Å². The minimum absolute atomic E-state index is 0.915. The number of nitrogens with zero attached hydrogens (tertiary/aromatic N) is 4. The molecule has 0 aliphatic rings. The summed E-state index contributed by atoms with van der Waals surface area (Å²) in [6.07, 6.45) is 3.54. The van der Waals surface area contributed by atoms with E-state index in [1.165, 1.54) is 0 Å². The summed E-state index contributed by atoms with van der Waals surface area (Å²) in [6.45, 7) is 0. The Kier molecular flexibility index (Phi) is 8.79. The number of rotatable bonds is 3. The number of isothiocyanates is 2. The number of aromatic nitrogens is 2. The fourth-order valence-corrected chi connectivity index (χ4v) is 2.02. The molecule has 0 fully saturated rings. The van der Waals surface area contributed by atoms with Crippen molar-refractivity contribution in [3.05, 3.63) is 48.8 Å². The van der Waals surface area contributed by atoms with Gasteiger partial charge in [-0.05, 0) is 24.3 Å². The van der Waals surface area contributed by atoms with Crippen LogP contribution < -0.4 is 0 Å². The van der Waals surface area contributed by atoms with Crippen LogP contribution in [0.2, 0.25) is 0 Å². The van der Waals surface area contributed by atoms with Gasteiger partial charge >= 0.3 is 62.9 Å². The van der Waals surface area contributed by atoms with Gasteiger partial charge in [-0.1, -0.05) is 12.1 Å². The van der Waals surface area contributed by atoms with Crippen LogP contribution in [0.4, 0.5) is 0 Å². The maximum atomic E-state index is 4.27. The van der Waals surface area contributed by atoms with E-state index in [-0.39, 0.29) is 0 Å². The topological polar surface area (TPSA) is 50.5 Å². The van der Waals surface area contributed by atoms with E-state index in [4.69, 9.17) is 0 Å². The predicted octanol–water partition coefficient (Wildman–Crippen LogP) is 2.87. The third-order valence-electron chi connectivity index (χ3n) is 1.78. The first-order valence-corrected chi connectivity index (χ1v) is 8.46. The molecule has 0 unspecified atom stereocenters. The second-order valence-corrected chi connectivity index (χ2v) is 5.15. The van der Waals surface area contributed by atoms with Gasteiger partial charge in [-0.15, -0.1) is 0 Å². The quantitative estimate of drug-likeness (QED) is 0.459. The van der Waals surface area contributed by atoms with Gasteiger partial charge in [0, 0.05) is 12.4 Å².